The van der Waals surface area contributed by atoms with Crippen LogP contribution in [-0.4, -0.2) is 44.7 Å². The second-order valence-corrected chi connectivity index (χ2v) is 7.45. The van der Waals surface area contributed by atoms with Crippen LogP contribution in [0.5, 0.6) is 0 Å². The number of nitrogens with one attached hydrogen (secondary N) is 2. The van der Waals surface area contributed by atoms with Crippen LogP contribution < -0.4 is 10.6 Å². The Morgan fingerprint density at radius 1 is 1.31 bits per heavy atom. The lowest BCUT2D eigenvalue weighted by Crippen LogP contribution is -2.23. The van der Waals surface area contributed by atoms with Crippen molar-refractivity contribution in [2.45, 2.75) is 32.1 Å². The molecule has 0 bridgehead atoms. The van der Waals surface area contributed by atoms with E-state index in [1.165, 1.54) is 24.7 Å². The molecule has 0 spiro atoms. The number of nitrogens with zero attached hydrogens (tertiary/aromatic N) is 4. The Kier molecular flexibility index (Phi) is 6.08. The number of hydrogen-bond donors (Lipinski definition) is 2. The first-order valence-corrected chi connectivity index (χ1v) is 9.96. The molecule has 3 aromatic rings. The van der Waals surface area contributed by atoms with E-state index in [0.717, 1.165) is 24.1 Å². The minimum Gasteiger partial charge on any atom is -0.379 e. The molecular weight excluding hydrogens is 425 g/mol. The molecule has 1 aliphatic heterocycles. The first-order valence-electron chi connectivity index (χ1n) is 9.96. The number of amides is 1. The van der Waals surface area contributed by atoms with E-state index >= 15 is 0 Å². The second kappa shape index (κ2) is 8.95. The van der Waals surface area contributed by atoms with Crippen LogP contribution in [0.3, 0.4) is 0 Å². The van der Waals surface area contributed by atoms with Crippen LogP contribution in [0.15, 0.2) is 43.0 Å². The summed E-state index contributed by atoms with van der Waals surface area (Å²) >= 11 is 0. The van der Waals surface area contributed by atoms with Gasteiger partial charge >= 0.3 is 6.18 Å². The summed E-state index contributed by atoms with van der Waals surface area (Å²) in [6, 6.07) is 4.96. The van der Waals surface area contributed by atoms with Crippen LogP contribution in [0, 0.1) is 6.92 Å². The number of aromatic nitrogens is 4. The van der Waals surface area contributed by atoms with Gasteiger partial charge in [0.2, 0.25) is 5.95 Å². The number of ether oxygens (including phenoxy) is 1. The van der Waals surface area contributed by atoms with E-state index in [0.29, 0.717) is 30.5 Å². The van der Waals surface area contributed by atoms with Gasteiger partial charge in [0.1, 0.15) is 17.8 Å². The van der Waals surface area contributed by atoms with Gasteiger partial charge in [0.05, 0.1) is 18.2 Å². The summed E-state index contributed by atoms with van der Waals surface area (Å²) in [6.07, 6.45) is 1.07. The topological polar surface area (TPSA) is 94.0 Å². The van der Waals surface area contributed by atoms with Gasteiger partial charge < -0.3 is 15.4 Å². The predicted octanol–water partition coefficient (Wildman–Crippen LogP) is 3.12. The number of hydrogen-bond acceptors (Lipinski definition) is 6. The Hall–Kier alpha value is -3.47. The number of carbonyl (C=O) groups excluding carboxylic acids is 1. The van der Waals surface area contributed by atoms with Gasteiger partial charge in [-0.2, -0.15) is 18.2 Å². The standard InChI is InChI=1S/C21H21F3N6O2/c1-13-8-26-20(28-16-5-6-32-11-16)29-18(13)30-10-17(27-12-30)19(31)25-9-14-3-2-4-15(7-14)21(22,23)24/h2-4,7-8,10,12,16H,5-6,9,11H2,1H3,(H,25,31)(H,26,28,29). The Morgan fingerprint density at radius 3 is 2.91 bits per heavy atom. The third kappa shape index (κ3) is 5.05. The molecule has 2 aromatic heterocycles. The molecule has 4 rings (SSSR count). The number of rotatable bonds is 6. The smallest absolute Gasteiger partial charge is 0.379 e. The molecule has 0 aliphatic carbocycles. The van der Waals surface area contributed by atoms with Crippen molar-refractivity contribution >= 4 is 11.9 Å². The molecule has 0 radical (unpaired) electrons. The van der Waals surface area contributed by atoms with Gasteiger partial charge in [-0.3, -0.25) is 9.36 Å². The average Bonchev–Trinajstić information content (AvgIpc) is 3.45. The van der Waals surface area contributed by atoms with Crippen molar-refractivity contribution < 1.29 is 22.7 Å². The highest BCUT2D eigenvalue weighted by Gasteiger charge is 2.30. The van der Waals surface area contributed by atoms with Crippen molar-refractivity contribution in [1.29, 1.82) is 0 Å². The molecule has 3 heterocycles. The van der Waals surface area contributed by atoms with Crippen LogP contribution in [0.1, 0.15) is 33.6 Å². The number of imidazole rings is 1. The molecule has 168 valence electrons. The average molecular weight is 446 g/mol. The Balaban J connectivity index is 1.44. The molecule has 0 saturated carbocycles. The molecule has 2 N–H and O–H groups in total. The molecule has 1 saturated heterocycles. The lowest BCUT2D eigenvalue weighted by Gasteiger charge is -2.12. The number of halogens is 3. The zero-order valence-electron chi connectivity index (χ0n) is 17.2. The maximum Gasteiger partial charge on any atom is 0.416 e. The van der Waals surface area contributed by atoms with Gasteiger partial charge in [0, 0.05) is 31.1 Å². The minimum atomic E-state index is -4.44. The summed E-state index contributed by atoms with van der Waals surface area (Å²) in [6.45, 7) is 3.07. The number of aryl methyl sites for hydroxylation is 1. The third-order valence-electron chi connectivity index (χ3n) is 4.98. The van der Waals surface area contributed by atoms with Crippen molar-refractivity contribution in [1.82, 2.24) is 24.8 Å². The van der Waals surface area contributed by atoms with Crippen LogP contribution in [0.25, 0.3) is 5.82 Å². The highest BCUT2D eigenvalue weighted by atomic mass is 19.4. The quantitative estimate of drug-likeness (QED) is 0.604. The SMILES string of the molecule is Cc1cnc(NC2CCOC2)nc1-n1cnc(C(=O)NCc2cccc(C(F)(F)F)c2)c1. The maximum atomic E-state index is 12.8. The first kappa shape index (κ1) is 21.8. The third-order valence-corrected chi connectivity index (χ3v) is 4.98. The van der Waals surface area contributed by atoms with Crippen LogP contribution in [0.4, 0.5) is 19.1 Å². The molecule has 1 unspecified atom stereocenters. The number of carbonyl (C=O) groups is 1. The van der Waals surface area contributed by atoms with Crippen LogP contribution in [0.2, 0.25) is 0 Å². The molecule has 1 fully saturated rings. The molecular formula is C21H21F3N6O2. The first-order chi connectivity index (χ1) is 15.3. The lowest BCUT2D eigenvalue weighted by molar-refractivity contribution is -0.137. The monoisotopic (exact) mass is 446 g/mol. The van der Waals surface area contributed by atoms with Gasteiger partial charge in [-0.1, -0.05) is 12.1 Å². The van der Waals surface area contributed by atoms with Crippen molar-refractivity contribution in [3.63, 3.8) is 0 Å². The van der Waals surface area contributed by atoms with Crippen molar-refractivity contribution in [2.75, 3.05) is 18.5 Å². The van der Waals surface area contributed by atoms with E-state index in [1.807, 2.05) is 6.92 Å². The summed E-state index contributed by atoms with van der Waals surface area (Å²) in [4.78, 5) is 25.4. The predicted molar refractivity (Wildman–Crippen MR) is 109 cm³/mol. The fourth-order valence-electron chi connectivity index (χ4n) is 3.28. The zero-order chi connectivity index (χ0) is 22.7. The molecule has 11 heteroatoms. The molecule has 1 atom stereocenters. The minimum absolute atomic E-state index is 0.0559. The highest BCUT2D eigenvalue weighted by molar-refractivity contribution is 5.92. The van der Waals surface area contributed by atoms with E-state index in [-0.39, 0.29) is 18.3 Å². The summed E-state index contributed by atoms with van der Waals surface area (Å²) in [5.74, 6) is 0.505. The maximum absolute atomic E-state index is 12.8. The fourth-order valence-corrected chi connectivity index (χ4v) is 3.28. The van der Waals surface area contributed by atoms with Gasteiger partial charge in [0.25, 0.3) is 5.91 Å². The molecule has 1 aromatic carbocycles. The lowest BCUT2D eigenvalue weighted by atomic mass is 10.1. The van der Waals surface area contributed by atoms with Crippen molar-refractivity contribution in [2.24, 2.45) is 0 Å². The largest absolute Gasteiger partial charge is 0.416 e. The molecule has 8 nitrogen and oxygen atoms in total. The molecule has 32 heavy (non-hydrogen) atoms. The van der Waals surface area contributed by atoms with Gasteiger partial charge in [-0.25, -0.2) is 9.97 Å². The van der Waals surface area contributed by atoms with E-state index < -0.39 is 17.6 Å². The number of alkyl halides is 3. The van der Waals surface area contributed by atoms with Crippen molar-refractivity contribution in [3.8, 4) is 5.82 Å². The molecule has 1 amide bonds. The second-order valence-electron chi connectivity index (χ2n) is 7.45. The number of anilines is 1. The normalized spacial score (nSPS) is 16.2. The number of benzene rings is 1. The van der Waals surface area contributed by atoms with Gasteiger partial charge in [-0.05, 0) is 31.0 Å². The summed E-state index contributed by atoms with van der Waals surface area (Å²) < 4.78 is 45.5. The van der Waals surface area contributed by atoms with E-state index in [2.05, 4.69) is 25.6 Å². The Morgan fingerprint density at radius 2 is 2.16 bits per heavy atom. The van der Waals surface area contributed by atoms with Crippen molar-refractivity contribution in [3.05, 3.63) is 65.4 Å². The Bertz CT molecular complexity index is 1110. The summed E-state index contributed by atoms with van der Waals surface area (Å²) in [5.41, 5.74) is 0.479. The van der Waals surface area contributed by atoms with Crippen LogP contribution >= 0.6 is 0 Å². The van der Waals surface area contributed by atoms with Gasteiger partial charge in [-0.15, -0.1) is 0 Å². The van der Waals surface area contributed by atoms with Gasteiger partial charge in [0.15, 0.2) is 0 Å². The van der Waals surface area contributed by atoms with E-state index in [4.69, 9.17) is 4.74 Å². The summed E-state index contributed by atoms with van der Waals surface area (Å²) in [5, 5.41) is 5.81. The highest BCUT2D eigenvalue weighted by Crippen LogP contribution is 2.29. The zero-order valence-corrected chi connectivity index (χ0v) is 17.2. The van der Waals surface area contributed by atoms with E-state index in [1.54, 1.807) is 10.8 Å². The summed E-state index contributed by atoms with van der Waals surface area (Å²) in [7, 11) is 0. The Labute approximate surface area is 181 Å². The molecule has 1 aliphatic rings. The van der Waals surface area contributed by atoms with Crippen LogP contribution in [-0.2, 0) is 17.5 Å². The van der Waals surface area contributed by atoms with E-state index in [9.17, 15) is 18.0 Å². The fraction of sp³-hybridized carbons (Fsp3) is 0.333.